The van der Waals surface area contributed by atoms with E-state index in [2.05, 4.69) is 31.3 Å². The summed E-state index contributed by atoms with van der Waals surface area (Å²) in [6, 6.07) is 14.0. The summed E-state index contributed by atoms with van der Waals surface area (Å²) in [6.45, 7) is 6.12. The largest absolute Gasteiger partial charge is 0.378 e. The van der Waals surface area contributed by atoms with Crippen LogP contribution in [0.5, 0.6) is 0 Å². The van der Waals surface area contributed by atoms with Gasteiger partial charge in [-0.05, 0) is 49.6 Å². The van der Waals surface area contributed by atoms with Gasteiger partial charge in [0.05, 0.1) is 0 Å². The van der Waals surface area contributed by atoms with E-state index < -0.39 is 5.91 Å². The summed E-state index contributed by atoms with van der Waals surface area (Å²) in [6.07, 6.45) is 0. The number of nitrogens with two attached hydrogens (primary N) is 1. The number of hydrogen-bond acceptors (Lipinski definition) is 2. The Kier molecular flexibility index (Phi) is 4.08. The lowest BCUT2D eigenvalue weighted by molar-refractivity contribution is 0.1000. The second kappa shape index (κ2) is 5.78. The number of rotatable bonds is 4. The maximum atomic E-state index is 11.4. The van der Waals surface area contributed by atoms with Crippen molar-refractivity contribution in [3.05, 3.63) is 64.7 Å². The van der Waals surface area contributed by atoms with Crippen molar-refractivity contribution < 1.29 is 4.79 Å². The standard InChI is InChI=1S/C17H20N2O/c1-11-7-4-5-8-14(11)13(3)19-16-10-6-9-15(12(16)2)17(18)20/h4-10,13,19H,1-3H3,(H2,18,20). The van der Waals surface area contributed by atoms with Gasteiger partial charge in [0.25, 0.3) is 0 Å². The topological polar surface area (TPSA) is 55.1 Å². The Bertz CT molecular complexity index is 635. The van der Waals surface area contributed by atoms with Crippen LogP contribution in [-0.2, 0) is 0 Å². The second-order valence-electron chi connectivity index (χ2n) is 5.06. The number of amides is 1. The molecule has 0 saturated carbocycles. The second-order valence-corrected chi connectivity index (χ2v) is 5.06. The lowest BCUT2D eigenvalue weighted by atomic mass is 10.0. The van der Waals surface area contributed by atoms with Gasteiger partial charge in [0.1, 0.15) is 0 Å². The van der Waals surface area contributed by atoms with Crippen LogP contribution >= 0.6 is 0 Å². The predicted molar refractivity (Wildman–Crippen MR) is 82.9 cm³/mol. The quantitative estimate of drug-likeness (QED) is 0.890. The molecule has 2 rings (SSSR count). The molecule has 0 aliphatic carbocycles. The highest BCUT2D eigenvalue weighted by molar-refractivity contribution is 5.95. The summed E-state index contributed by atoms with van der Waals surface area (Å²) in [5, 5.41) is 3.45. The van der Waals surface area contributed by atoms with E-state index in [9.17, 15) is 4.79 Å². The molecule has 0 fully saturated rings. The van der Waals surface area contributed by atoms with Crippen LogP contribution in [-0.4, -0.2) is 5.91 Å². The van der Waals surface area contributed by atoms with Crippen molar-refractivity contribution in [2.24, 2.45) is 5.73 Å². The minimum atomic E-state index is -0.394. The smallest absolute Gasteiger partial charge is 0.249 e. The molecule has 3 nitrogen and oxygen atoms in total. The Balaban J connectivity index is 2.29. The minimum absolute atomic E-state index is 0.165. The number of hydrogen-bond donors (Lipinski definition) is 2. The molecule has 2 aromatic rings. The molecule has 0 spiro atoms. The summed E-state index contributed by atoms with van der Waals surface area (Å²) in [5.41, 5.74) is 10.3. The van der Waals surface area contributed by atoms with Crippen LogP contribution in [0.3, 0.4) is 0 Å². The van der Waals surface area contributed by atoms with Crippen molar-refractivity contribution in [3.8, 4) is 0 Å². The zero-order valence-corrected chi connectivity index (χ0v) is 12.1. The predicted octanol–water partition coefficient (Wildman–Crippen LogP) is 3.58. The van der Waals surface area contributed by atoms with Crippen molar-refractivity contribution in [2.75, 3.05) is 5.32 Å². The van der Waals surface area contributed by atoms with E-state index in [1.807, 2.05) is 31.2 Å². The molecular formula is C17H20N2O. The van der Waals surface area contributed by atoms with Crippen LogP contribution in [0, 0.1) is 13.8 Å². The SMILES string of the molecule is Cc1ccccc1C(C)Nc1cccc(C(N)=O)c1C. The minimum Gasteiger partial charge on any atom is -0.378 e. The van der Waals surface area contributed by atoms with E-state index in [0.717, 1.165) is 11.3 Å². The van der Waals surface area contributed by atoms with Crippen molar-refractivity contribution in [1.82, 2.24) is 0 Å². The molecule has 0 aliphatic heterocycles. The van der Waals surface area contributed by atoms with E-state index in [-0.39, 0.29) is 6.04 Å². The number of nitrogens with one attached hydrogen (secondary N) is 1. The Labute approximate surface area is 119 Å². The molecular weight excluding hydrogens is 248 g/mol. The van der Waals surface area contributed by atoms with E-state index in [1.165, 1.54) is 11.1 Å². The van der Waals surface area contributed by atoms with Crippen molar-refractivity contribution in [2.45, 2.75) is 26.8 Å². The zero-order chi connectivity index (χ0) is 14.7. The van der Waals surface area contributed by atoms with Gasteiger partial charge in [-0.1, -0.05) is 30.3 Å². The molecule has 104 valence electrons. The van der Waals surface area contributed by atoms with E-state index >= 15 is 0 Å². The van der Waals surface area contributed by atoms with Gasteiger partial charge in [-0.25, -0.2) is 0 Å². The van der Waals surface area contributed by atoms with Crippen LogP contribution in [0.4, 0.5) is 5.69 Å². The highest BCUT2D eigenvalue weighted by Crippen LogP contribution is 2.25. The number of carbonyl (C=O) groups excluding carboxylic acids is 1. The fourth-order valence-electron chi connectivity index (χ4n) is 2.44. The molecule has 0 aromatic heterocycles. The third kappa shape index (κ3) is 2.82. The Morgan fingerprint density at radius 1 is 1.10 bits per heavy atom. The third-order valence-corrected chi connectivity index (χ3v) is 3.63. The number of carbonyl (C=O) groups is 1. The number of primary amides is 1. The number of benzene rings is 2. The number of anilines is 1. The molecule has 20 heavy (non-hydrogen) atoms. The van der Waals surface area contributed by atoms with Gasteiger partial charge in [0.15, 0.2) is 0 Å². The average molecular weight is 268 g/mol. The van der Waals surface area contributed by atoms with Crippen LogP contribution in [0.15, 0.2) is 42.5 Å². The molecule has 0 radical (unpaired) electrons. The Hall–Kier alpha value is -2.29. The summed E-state index contributed by atoms with van der Waals surface area (Å²) >= 11 is 0. The van der Waals surface area contributed by atoms with Crippen molar-refractivity contribution >= 4 is 11.6 Å². The van der Waals surface area contributed by atoms with Crippen molar-refractivity contribution in [1.29, 1.82) is 0 Å². The van der Waals surface area contributed by atoms with Crippen LogP contribution in [0.1, 0.15) is 40.0 Å². The molecule has 1 atom stereocenters. The molecule has 3 N–H and O–H groups in total. The highest BCUT2D eigenvalue weighted by Gasteiger charge is 2.12. The van der Waals surface area contributed by atoms with Gasteiger partial charge < -0.3 is 11.1 Å². The summed E-state index contributed by atoms with van der Waals surface area (Å²) < 4.78 is 0. The lowest BCUT2D eigenvalue weighted by Gasteiger charge is -2.20. The van der Waals surface area contributed by atoms with E-state index in [4.69, 9.17) is 5.73 Å². The highest BCUT2D eigenvalue weighted by atomic mass is 16.1. The first kappa shape index (κ1) is 14.1. The van der Waals surface area contributed by atoms with Crippen LogP contribution < -0.4 is 11.1 Å². The summed E-state index contributed by atoms with van der Waals surface area (Å²) in [5.74, 6) is -0.394. The number of aryl methyl sites for hydroxylation is 1. The van der Waals surface area contributed by atoms with Gasteiger partial charge in [0.2, 0.25) is 5.91 Å². The van der Waals surface area contributed by atoms with Gasteiger partial charge in [-0.3, -0.25) is 4.79 Å². The molecule has 2 aromatic carbocycles. The maximum Gasteiger partial charge on any atom is 0.249 e. The van der Waals surface area contributed by atoms with Gasteiger partial charge in [-0.15, -0.1) is 0 Å². The fraction of sp³-hybridized carbons (Fsp3) is 0.235. The molecule has 1 unspecified atom stereocenters. The third-order valence-electron chi connectivity index (χ3n) is 3.63. The first-order valence-electron chi connectivity index (χ1n) is 6.72. The van der Waals surface area contributed by atoms with E-state index in [1.54, 1.807) is 6.07 Å². The first-order chi connectivity index (χ1) is 9.50. The lowest BCUT2D eigenvalue weighted by Crippen LogP contribution is -2.15. The molecule has 3 heteroatoms. The average Bonchev–Trinajstić information content (AvgIpc) is 2.41. The summed E-state index contributed by atoms with van der Waals surface area (Å²) in [4.78, 5) is 11.4. The Morgan fingerprint density at radius 2 is 1.80 bits per heavy atom. The Morgan fingerprint density at radius 3 is 2.45 bits per heavy atom. The van der Waals surface area contributed by atoms with Gasteiger partial charge >= 0.3 is 0 Å². The normalized spacial score (nSPS) is 11.9. The molecule has 0 bridgehead atoms. The maximum absolute atomic E-state index is 11.4. The molecule has 0 heterocycles. The fourth-order valence-corrected chi connectivity index (χ4v) is 2.44. The zero-order valence-electron chi connectivity index (χ0n) is 12.1. The van der Waals surface area contributed by atoms with Crippen molar-refractivity contribution in [3.63, 3.8) is 0 Å². The molecule has 0 saturated heterocycles. The monoisotopic (exact) mass is 268 g/mol. The molecule has 1 amide bonds. The first-order valence-corrected chi connectivity index (χ1v) is 6.72. The van der Waals surface area contributed by atoms with Crippen LogP contribution in [0.25, 0.3) is 0 Å². The van der Waals surface area contributed by atoms with E-state index in [0.29, 0.717) is 5.56 Å². The van der Waals surface area contributed by atoms with Gasteiger partial charge in [-0.2, -0.15) is 0 Å². The van der Waals surface area contributed by atoms with Gasteiger partial charge in [0, 0.05) is 17.3 Å². The van der Waals surface area contributed by atoms with Crippen LogP contribution in [0.2, 0.25) is 0 Å². The molecule has 0 aliphatic rings. The summed E-state index contributed by atoms with van der Waals surface area (Å²) in [7, 11) is 0.